The molecule has 0 unspecified atom stereocenters. The Labute approximate surface area is 92.3 Å². The van der Waals surface area contributed by atoms with Gasteiger partial charge in [-0.05, 0) is 6.42 Å². The largest absolute Gasteiger partial charge is 0.491 e. The van der Waals surface area contributed by atoms with Gasteiger partial charge < -0.3 is 14.8 Å². The third-order valence-corrected chi connectivity index (χ3v) is 2.37. The molecule has 0 spiro atoms. The summed E-state index contributed by atoms with van der Waals surface area (Å²) in [5.41, 5.74) is 0.657. The molecule has 86 valence electrons. The molecule has 0 saturated heterocycles. The van der Waals surface area contributed by atoms with Crippen LogP contribution in [0.5, 0.6) is 11.5 Å². The molecule has 1 aromatic carbocycles. The molecule has 1 aliphatic heterocycles. The number of nitrogens with one attached hydrogen (secondary N) is 1. The van der Waals surface area contributed by atoms with Crippen LogP contribution in [0, 0.1) is 10.1 Å². The molecule has 0 saturated carbocycles. The number of rotatable bonds is 2. The first kappa shape index (κ1) is 10.5. The average molecular weight is 224 g/mol. The van der Waals surface area contributed by atoms with Crippen LogP contribution in [0.2, 0.25) is 0 Å². The van der Waals surface area contributed by atoms with Gasteiger partial charge in [-0.2, -0.15) is 0 Å². The molecule has 16 heavy (non-hydrogen) atoms. The summed E-state index contributed by atoms with van der Waals surface area (Å²) >= 11 is 0. The molecule has 1 aromatic rings. The van der Waals surface area contributed by atoms with E-state index in [-0.39, 0.29) is 11.4 Å². The van der Waals surface area contributed by atoms with E-state index in [0.717, 1.165) is 18.7 Å². The molecule has 0 atom stereocenters. The van der Waals surface area contributed by atoms with E-state index in [1.807, 2.05) is 0 Å². The van der Waals surface area contributed by atoms with Crippen LogP contribution in [-0.4, -0.2) is 25.2 Å². The summed E-state index contributed by atoms with van der Waals surface area (Å²) in [6.45, 7) is 1.34. The summed E-state index contributed by atoms with van der Waals surface area (Å²) in [6, 6.07) is 2.99. The van der Waals surface area contributed by atoms with Crippen LogP contribution < -0.4 is 14.8 Å². The van der Waals surface area contributed by atoms with E-state index in [2.05, 4.69) is 5.32 Å². The van der Waals surface area contributed by atoms with E-state index in [9.17, 15) is 10.1 Å². The zero-order valence-corrected chi connectivity index (χ0v) is 8.86. The lowest BCUT2D eigenvalue weighted by molar-refractivity contribution is -0.385. The third-order valence-electron chi connectivity index (χ3n) is 2.37. The van der Waals surface area contributed by atoms with Crippen molar-refractivity contribution in [3.8, 4) is 11.5 Å². The number of hydrogen-bond donors (Lipinski definition) is 1. The summed E-state index contributed by atoms with van der Waals surface area (Å²) in [5, 5.41) is 13.9. The van der Waals surface area contributed by atoms with Gasteiger partial charge in [0.2, 0.25) is 0 Å². The second-order valence-electron chi connectivity index (χ2n) is 3.41. The highest BCUT2D eigenvalue weighted by Gasteiger charge is 2.20. The smallest absolute Gasteiger partial charge is 0.314 e. The minimum atomic E-state index is -0.479. The Balaban J connectivity index is 2.48. The van der Waals surface area contributed by atoms with Gasteiger partial charge in [0.25, 0.3) is 0 Å². The Hall–Kier alpha value is -1.98. The van der Waals surface area contributed by atoms with Crippen LogP contribution >= 0.6 is 0 Å². The van der Waals surface area contributed by atoms with Crippen molar-refractivity contribution in [2.24, 2.45) is 0 Å². The maximum absolute atomic E-state index is 10.8. The van der Waals surface area contributed by atoms with Gasteiger partial charge in [-0.15, -0.1) is 0 Å². The van der Waals surface area contributed by atoms with Crippen molar-refractivity contribution < 1.29 is 14.4 Å². The monoisotopic (exact) mass is 224 g/mol. The molecular weight excluding hydrogens is 212 g/mol. The lowest BCUT2D eigenvalue weighted by Crippen LogP contribution is -2.00. The Bertz CT molecular complexity index is 420. The van der Waals surface area contributed by atoms with E-state index in [0.29, 0.717) is 12.4 Å². The summed E-state index contributed by atoms with van der Waals surface area (Å²) < 4.78 is 10.4. The molecule has 0 radical (unpaired) electrons. The van der Waals surface area contributed by atoms with Crippen LogP contribution in [0.1, 0.15) is 6.42 Å². The van der Waals surface area contributed by atoms with Gasteiger partial charge in [0.15, 0.2) is 5.75 Å². The highest BCUT2D eigenvalue weighted by atomic mass is 16.6. The van der Waals surface area contributed by atoms with Crippen molar-refractivity contribution in [3.05, 3.63) is 22.2 Å². The van der Waals surface area contributed by atoms with Crippen LogP contribution in [0.15, 0.2) is 12.1 Å². The molecule has 0 amide bonds. The van der Waals surface area contributed by atoms with Gasteiger partial charge in [-0.1, -0.05) is 0 Å². The lowest BCUT2D eigenvalue weighted by Gasteiger charge is -2.09. The minimum Gasteiger partial charge on any atom is -0.491 e. The van der Waals surface area contributed by atoms with Gasteiger partial charge >= 0.3 is 5.69 Å². The summed E-state index contributed by atoms with van der Waals surface area (Å²) in [5.74, 6) is 0.742. The van der Waals surface area contributed by atoms with Gasteiger partial charge in [0, 0.05) is 12.6 Å². The third kappa shape index (κ3) is 1.86. The first-order valence-corrected chi connectivity index (χ1v) is 4.95. The maximum atomic E-state index is 10.8. The van der Waals surface area contributed by atoms with E-state index in [1.165, 1.54) is 13.2 Å². The van der Waals surface area contributed by atoms with Crippen LogP contribution in [0.4, 0.5) is 11.4 Å². The molecule has 6 nitrogen and oxygen atoms in total. The quantitative estimate of drug-likeness (QED) is 0.612. The fourth-order valence-electron chi connectivity index (χ4n) is 1.59. The predicted molar refractivity (Wildman–Crippen MR) is 58.3 cm³/mol. The molecule has 0 fully saturated rings. The first-order valence-electron chi connectivity index (χ1n) is 4.95. The second-order valence-corrected chi connectivity index (χ2v) is 3.41. The number of nitrogens with zero attached hydrogens (tertiary/aromatic N) is 1. The van der Waals surface area contributed by atoms with Crippen molar-refractivity contribution >= 4 is 11.4 Å². The zero-order valence-electron chi connectivity index (χ0n) is 8.86. The Morgan fingerprint density at radius 2 is 2.38 bits per heavy atom. The molecule has 1 aliphatic rings. The predicted octanol–water partition coefficient (Wildman–Crippen LogP) is 1.80. The fourth-order valence-corrected chi connectivity index (χ4v) is 1.59. The van der Waals surface area contributed by atoms with Crippen molar-refractivity contribution in [1.29, 1.82) is 0 Å². The number of nitro benzene ring substituents is 1. The van der Waals surface area contributed by atoms with Crippen molar-refractivity contribution in [3.63, 3.8) is 0 Å². The van der Waals surface area contributed by atoms with Crippen molar-refractivity contribution in [2.45, 2.75) is 6.42 Å². The molecule has 0 aromatic heterocycles. The van der Waals surface area contributed by atoms with Crippen LogP contribution in [-0.2, 0) is 0 Å². The molecular formula is C10H12N2O4. The van der Waals surface area contributed by atoms with Gasteiger partial charge in [0.05, 0.1) is 30.4 Å². The normalized spacial score (nSPS) is 14.1. The summed E-state index contributed by atoms with van der Waals surface area (Å²) in [6.07, 6.45) is 0.866. The molecule has 1 N–H and O–H groups in total. The van der Waals surface area contributed by atoms with E-state index in [1.54, 1.807) is 6.07 Å². The van der Waals surface area contributed by atoms with Crippen LogP contribution in [0.3, 0.4) is 0 Å². The highest BCUT2D eigenvalue weighted by molar-refractivity contribution is 5.67. The van der Waals surface area contributed by atoms with Crippen molar-refractivity contribution in [2.75, 3.05) is 25.6 Å². The standard InChI is InChI=1S/C10H12N2O4/c1-15-10-5-7-9(6-8(10)12(13)14)16-4-2-3-11-7/h5-6,11H,2-4H2,1H3. The number of fused-ring (bicyclic) bond motifs is 1. The topological polar surface area (TPSA) is 73.6 Å². The molecule has 1 heterocycles. The average Bonchev–Trinajstić information content (AvgIpc) is 2.51. The first-order chi connectivity index (χ1) is 7.72. The number of anilines is 1. The highest BCUT2D eigenvalue weighted by Crippen LogP contribution is 2.38. The number of methoxy groups -OCH3 is 1. The van der Waals surface area contributed by atoms with E-state index >= 15 is 0 Å². The number of hydrogen-bond acceptors (Lipinski definition) is 5. The fraction of sp³-hybridized carbons (Fsp3) is 0.400. The lowest BCUT2D eigenvalue weighted by atomic mass is 10.2. The number of benzene rings is 1. The van der Waals surface area contributed by atoms with Crippen molar-refractivity contribution in [1.82, 2.24) is 0 Å². The molecule has 2 rings (SSSR count). The Kier molecular flexibility index (Phi) is 2.80. The Morgan fingerprint density at radius 3 is 3.06 bits per heavy atom. The second kappa shape index (κ2) is 4.26. The van der Waals surface area contributed by atoms with Gasteiger partial charge in [-0.25, -0.2) is 0 Å². The minimum absolute atomic E-state index is 0.0788. The molecule has 0 aliphatic carbocycles. The zero-order chi connectivity index (χ0) is 11.5. The Morgan fingerprint density at radius 1 is 1.56 bits per heavy atom. The SMILES string of the molecule is COc1cc2c(cc1[N+](=O)[O-])OCCCN2. The van der Waals surface area contributed by atoms with Crippen LogP contribution in [0.25, 0.3) is 0 Å². The number of nitro groups is 1. The maximum Gasteiger partial charge on any atom is 0.314 e. The molecule has 6 heteroatoms. The van der Waals surface area contributed by atoms with E-state index < -0.39 is 4.92 Å². The summed E-state index contributed by atoms with van der Waals surface area (Å²) in [7, 11) is 1.41. The van der Waals surface area contributed by atoms with Gasteiger partial charge in [-0.3, -0.25) is 10.1 Å². The van der Waals surface area contributed by atoms with E-state index in [4.69, 9.17) is 9.47 Å². The number of ether oxygens (including phenoxy) is 2. The van der Waals surface area contributed by atoms with Gasteiger partial charge in [0.1, 0.15) is 5.75 Å². The molecule has 0 bridgehead atoms. The summed E-state index contributed by atoms with van der Waals surface area (Å²) in [4.78, 5) is 10.3.